The topological polar surface area (TPSA) is 64.3 Å². The Kier molecular flexibility index (Phi) is 1.74. The van der Waals surface area contributed by atoms with Gasteiger partial charge in [-0.15, -0.1) is 0 Å². The number of halogens is 1. The molecule has 2 aromatic heterocycles. The van der Waals surface area contributed by atoms with Crippen molar-refractivity contribution in [1.29, 1.82) is 0 Å². The molecule has 0 saturated heterocycles. The summed E-state index contributed by atoms with van der Waals surface area (Å²) in [6.07, 6.45) is 4.35. The second kappa shape index (κ2) is 2.68. The van der Waals surface area contributed by atoms with E-state index >= 15 is 0 Å². The lowest BCUT2D eigenvalue weighted by atomic mass is 10.5. The number of rotatable bonds is 1. The smallest absolute Gasteiger partial charge is 0.240 e. The highest BCUT2D eigenvalue weighted by molar-refractivity contribution is 8.13. The van der Waals surface area contributed by atoms with E-state index in [4.69, 9.17) is 10.7 Å². The fraction of sp³-hybridized carbons (Fsp3) is 0. The zero-order valence-electron chi connectivity index (χ0n) is 6.25. The summed E-state index contributed by atoms with van der Waals surface area (Å²) in [6.45, 7) is 0. The molecule has 0 aromatic carbocycles. The predicted octanol–water partition coefficient (Wildman–Crippen LogP) is 0.657. The largest absolute Gasteiger partial charge is 0.280 e. The Morgan fingerprint density at radius 2 is 2.15 bits per heavy atom. The summed E-state index contributed by atoms with van der Waals surface area (Å²) in [4.78, 5) is 3.67. The van der Waals surface area contributed by atoms with Gasteiger partial charge in [0.05, 0.1) is 6.20 Å². The summed E-state index contributed by atoms with van der Waals surface area (Å²) in [5.74, 6) is 0. The van der Waals surface area contributed by atoms with E-state index in [0.29, 0.717) is 5.52 Å². The Morgan fingerprint density at radius 1 is 1.38 bits per heavy atom. The maximum atomic E-state index is 11.0. The lowest BCUT2D eigenvalue weighted by Gasteiger charge is -1.96. The van der Waals surface area contributed by atoms with Crippen molar-refractivity contribution in [3.63, 3.8) is 0 Å². The third-order valence-electron chi connectivity index (χ3n) is 1.52. The molecular weight excluding hydrogens is 214 g/mol. The van der Waals surface area contributed by atoms with Crippen LogP contribution < -0.4 is 0 Å². The normalized spacial score (nSPS) is 12.1. The van der Waals surface area contributed by atoms with E-state index in [1.165, 1.54) is 23.0 Å². The minimum absolute atomic E-state index is 0.172. The molecule has 0 bridgehead atoms. The third kappa shape index (κ3) is 1.38. The second-order valence-corrected chi connectivity index (χ2v) is 4.81. The van der Waals surface area contributed by atoms with E-state index < -0.39 is 9.05 Å². The molecule has 0 aliphatic heterocycles. The molecule has 0 spiro atoms. The lowest BCUT2D eigenvalue weighted by molar-refractivity contribution is 0.606. The van der Waals surface area contributed by atoms with Crippen molar-refractivity contribution in [2.45, 2.75) is 5.03 Å². The number of nitrogens with zero attached hydrogens (tertiary/aromatic N) is 3. The van der Waals surface area contributed by atoms with Crippen LogP contribution in [0.3, 0.4) is 0 Å². The summed E-state index contributed by atoms with van der Waals surface area (Å²) in [5, 5.41) is 3.67. The molecule has 0 radical (unpaired) electrons. The van der Waals surface area contributed by atoms with Crippen LogP contribution in [-0.4, -0.2) is 23.0 Å². The van der Waals surface area contributed by atoms with Gasteiger partial charge in [0.1, 0.15) is 5.52 Å². The summed E-state index contributed by atoms with van der Waals surface area (Å²) < 4.78 is 23.4. The highest BCUT2D eigenvalue weighted by atomic mass is 35.7. The van der Waals surface area contributed by atoms with Crippen LogP contribution in [0.15, 0.2) is 29.7 Å². The first-order chi connectivity index (χ1) is 6.09. The van der Waals surface area contributed by atoms with Crippen molar-refractivity contribution in [2.75, 3.05) is 0 Å². The van der Waals surface area contributed by atoms with Crippen molar-refractivity contribution in [2.24, 2.45) is 0 Å². The van der Waals surface area contributed by atoms with Crippen molar-refractivity contribution in [3.05, 3.63) is 24.7 Å². The molecule has 0 atom stereocenters. The van der Waals surface area contributed by atoms with Gasteiger partial charge in [0.15, 0.2) is 5.03 Å². The molecule has 68 valence electrons. The van der Waals surface area contributed by atoms with Gasteiger partial charge >= 0.3 is 0 Å². The first-order valence-electron chi connectivity index (χ1n) is 3.32. The fourth-order valence-corrected chi connectivity index (χ4v) is 1.98. The van der Waals surface area contributed by atoms with Crippen LogP contribution >= 0.6 is 10.7 Å². The Labute approximate surface area is 78.4 Å². The maximum Gasteiger partial charge on any atom is 0.280 e. The Bertz CT molecular complexity index is 548. The van der Waals surface area contributed by atoms with Crippen LogP contribution in [0.1, 0.15) is 0 Å². The molecule has 0 aliphatic carbocycles. The Morgan fingerprint density at radius 3 is 2.85 bits per heavy atom. The molecule has 2 aromatic rings. The van der Waals surface area contributed by atoms with Crippen molar-refractivity contribution >= 4 is 25.2 Å². The molecule has 0 saturated carbocycles. The molecule has 2 heterocycles. The van der Waals surface area contributed by atoms with E-state index in [1.54, 1.807) is 6.20 Å². The Balaban J connectivity index is 2.91. The van der Waals surface area contributed by atoms with Crippen LogP contribution in [0.5, 0.6) is 0 Å². The van der Waals surface area contributed by atoms with E-state index in [2.05, 4.69) is 10.1 Å². The summed E-state index contributed by atoms with van der Waals surface area (Å²) >= 11 is 0. The highest BCUT2D eigenvalue weighted by Crippen LogP contribution is 2.16. The van der Waals surface area contributed by atoms with E-state index in [0.717, 1.165) is 0 Å². The van der Waals surface area contributed by atoms with Crippen molar-refractivity contribution in [1.82, 2.24) is 14.6 Å². The van der Waals surface area contributed by atoms with Gasteiger partial charge in [-0.2, -0.15) is 5.10 Å². The maximum absolute atomic E-state index is 11.0. The molecule has 0 N–H and O–H groups in total. The molecular formula is C6H4ClN3O2S. The van der Waals surface area contributed by atoms with Crippen LogP contribution in [0.25, 0.3) is 5.52 Å². The van der Waals surface area contributed by atoms with Gasteiger partial charge in [-0.3, -0.25) is 0 Å². The third-order valence-corrected chi connectivity index (χ3v) is 2.73. The zero-order valence-corrected chi connectivity index (χ0v) is 7.83. The number of fused-ring (bicyclic) bond motifs is 1. The fourth-order valence-electron chi connectivity index (χ4n) is 1.02. The number of hydrogen-bond donors (Lipinski definition) is 0. The summed E-state index contributed by atoms with van der Waals surface area (Å²) in [5.41, 5.74) is 0.373. The standard InChI is InChI=1S/C6H4ClN3O2S/c7-13(11,12)6-5-1-2-9-10(5)4-3-8-6/h1-4H. The van der Waals surface area contributed by atoms with E-state index in [-0.39, 0.29) is 5.03 Å². The lowest BCUT2D eigenvalue weighted by Crippen LogP contribution is -1.99. The van der Waals surface area contributed by atoms with Crippen molar-refractivity contribution < 1.29 is 8.42 Å². The van der Waals surface area contributed by atoms with E-state index in [1.807, 2.05) is 0 Å². The molecule has 0 aliphatic rings. The van der Waals surface area contributed by atoms with Gasteiger partial charge in [0, 0.05) is 23.1 Å². The predicted molar refractivity (Wildman–Crippen MR) is 46.0 cm³/mol. The highest BCUT2D eigenvalue weighted by Gasteiger charge is 2.16. The average molecular weight is 218 g/mol. The molecule has 0 amide bonds. The van der Waals surface area contributed by atoms with Gasteiger partial charge < -0.3 is 0 Å². The molecule has 7 heteroatoms. The molecule has 0 fully saturated rings. The average Bonchev–Trinajstić information content (AvgIpc) is 2.48. The van der Waals surface area contributed by atoms with Gasteiger partial charge in [-0.25, -0.2) is 17.9 Å². The quantitative estimate of drug-likeness (QED) is 0.659. The van der Waals surface area contributed by atoms with Crippen LogP contribution in [0, 0.1) is 0 Å². The Hall–Kier alpha value is -1.14. The van der Waals surface area contributed by atoms with Crippen LogP contribution in [-0.2, 0) is 9.05 Å². The van der Waals surface area contributed by atoms with E-state index in [9.17, 15) is 8.42 Å². The van der Waals surface area contributed by atoms with Gasteiger partial charge in [0.2, 0.25) is 0 Å². The number of aromatic nitrogens is 3. The first-order valence-corrected chi connectivity index (χ1v) is 5.63. The van der Waals surface area contributed by atoms with Gasteiger partial charge in [-0.05, 0) is 6.07 Å². The minimum atomic E-state index is -3.80. The number of hydrogen-bond acceptors (Lipinski definition) is 4. The SMILES string of the molecule is O=S(=O)(Cl)c1nccn2nccc12. The molecule has 2 rings (SSSR count). The van der Waals surface area contributed by atoms with Gasteiger partial charge in [-0.1, -0.05) is 0 Å². The molecule has 13 heavy (non-hydrogen) atoms. The molecule has 5 nitrogen and oxygen atoms in total. The monoisotopic (exact) mass is 217 g/mol. The minimum Gasteiger partial charge on any atom is -0.240 e. The van der Waals surface area contributed by atoms with Crippen LogP contribution in [0.2, 0.25) is 0 Å². The molecule has 0 unspecified atom stereocenters. The van der Waals surface area contributed by atoms with Gasteiger partial charge in [0.25, 0.3) is 9.05 Å². The first kappa shape index (κ1) is 8.46. The zero-order chi connectivity index (χ0) is 9.47. The van der Waals surface area contributed by atoms with Crippen LogP contribution in [0.4, 0.5) is 0 Å². The van der Waals surface area contributed by atoms with Crippen molar-refractivity contribution in [3.8, 4) is 0 Å². The summed E-state index contributed by atoms with van der Waals surface area (Å²) in [6, 6.07) is 1.53. The second-order valence-electron chi connectivity index (χ2n) is 2.33. The summed E-state index contributed by atoms with van der Waals surface area (Å²) in [7, 11) is 1.36.